The minimum atomic E-state index is -3.99. The summed E-state index contributed by atoms with van der Waals surface area (Å²) in [5.41, 5.74) is 0.613. The molecule has 0 unspecified atom stereocenters. The third-order valence-electron chi connectivity index (χ3n) is 2.57. The van der Waals surface area contributed by atoms with Crippen LogP contribution in [0.2, 0.25) is 0 Å². The van der Waals surface area contributed by atoms with E-state index in [1.807, 2.05) is 0 Å². The van der Waals surface area contributed by atoms with Crippen molar-refractivity contribution in [2.75, 3.05) is 11.8 Å². The molecule has 1 aromatic heterocycles. The number of rotatable bonds is 5. The summed E-state index contributed by atoms with van der Waals surface area (Å²) in [4.78, 5) is 3.83. The van der Waals surface area contributed by atoms with Crippen molar-refractivity contribution >= 4 is 15.7 Å². The zero-order valence-electron chi connectivity index (χ0n) is 11.1. The van der Waals surface area contributed by atoms with E-state index in [1.54, 1.807) is 13.1 Å². The second kappa shape index (κ2) is 6.15. The first-order chi connectivity index (χ1) is 9.90. The van der Waals surface area contributed by atoms with Crippen LogP contribution in [0.4, 0.5) is 14.5 Å². The molecule has 2 N–H and O–H groups in total. The average molecular weight is 313 g/mol. The molecule has 21 heavy (non-hydrogen) atoms. The zero-order valence-corrected chi connectivity index (χ0v) is 11.9. The van der Waals surface area contributed by atoms with Crippen LogP contribution in [-0.4, -0.2) is 20.4 Å². The van der Waals surface area contributed by atoms with Gasteiger partial charge in [0, 0.05) is 18.8 Å². The SMILES string of the molecule is CNCc1ccc(S(=O)(=O)Nc2cc(F)cc(F)c2)nc1. The van der Waals surface area contributed by atoms with Gasteiger partial charge in [0.05, 0.1) is 5.69 Å². The van der Waals surface area contributed by atoms with Gasteiger partial charge >= 0.3 is 0 Å². The number of halogens is 2. The molecule has 0 bridgehead atoms. The quantitative estimate of drug-likeness (QED) is 0.884. The summed E-state index contributed by atoms with van der Waals surface area (Å²) in [6, 6.07) is 5.35. The second-order valence-electron chi connectivity index (χ2n) is 4.30. The molecule has 0 atom stereocenters. The van der Waals surface area contributed by atoms with E-state index in [9.17, 15) is 17.2 Å². The molecule has 2 rings (SSSR count). The van der Waals surface area contributed by atoms with Crippen molar-refractivity contribution in [3.63, 3.8) is 0 Å². The van der Waals surface area contributed by atoms with Gasteiger partial charge in [0.25, 0.3) is 10.0 Å². The Morgan fingerprint density at radius 3 is 2.33 bits per heavy atom. The fourth-order valence-electron chi connectivity index (χ4n) is 1.70. The van der Waals surface area contributed by atoms with Gasteiger partial charge in [-0.05, 0) is 30.8 Å². The topological polar surface area (TPSA) is 71.1 Å². The number of pyridine rings is 1. The Morgan fingerprint density at radius 1 is 1.14 bits per heavy atom. The third kappa shape index (κ3) is 3.96. The lowest BCUT2D eigenvalue weighted by Crippen LogP contribution is -2.15. The first kappa shape index (κ1) is 15.3. The number of nitrogens with zero attached hydrogens (tertiary/aromatic N) is 1. The molecule has 0 saturated carbocycles. The van der Waals surface area contributed by atoms with Crippen molar-refractivity contribution in [1.82, 2.24) is 10.3 Å². The van der Waals surface area contributed by atoms with E-state index in [0.717, 1.165) is 17.7 Å². The molecule has 112 valence electrons. The molecule has 2 aromatic rings. The number of hydrogen-bond acceptors (Lipinski definition) is 4. The van der Waals surface area contributed by atoms with Gasteiger partial charge in [-0.1, -0.05) is 6.07 Å². The smallest absolute Gasteiger partial charge is 0.279 e. The third-order valence-corrected chi connectivity index (χ3v) is 3.87. The van der Waals surface area contributed by atoms with Crippen LogP contribution in [0.3, 0.4) is 0 Å². The summed E-state index contributed by atoms with van der Waals surface area (Å²) in [6.07, 6.45) is 1.41. The Morgan fingerprint density at radius 2 is 1.81 bits per heavy atom. The highest BCUT2D eigenvalue weighted by Crippen LogP contribution is 2.17. The molecular formula is C13H13F2N3O2S. The molecule has 1 heterocycles. The molecule has 0 amide bonds. The van der Waals surface area contributed by atoms with E-state index in [0.29, 0.717) is 12.6 Å². The summed E-state index contributed by atoms with van der Waals surface area (Å²) in [7, 11) is -2.24. The first-order valence-electron chi connectivity index (χ1n) is 5.99. The standard InChI is InChI=1S/C13H13F2N3O2S/c1-16-7-9-2-3-13(17-8-9)21(19,20)18-12-5-10(14)4-11(15)6-12/h2-6,8,16,18H,7H2,1H3. The van der Waals surface area contributed by atoms with Crippen LogP contribution in [0, 0.1) is 11.6 Å². The summed E-state index contributed by atoms with van der Waals surface area (Å²) < 4.78 is 52.3. The molecule has 0 saturated heterocycles. The van der Waals surface area contributed by atoms with E-state index < -0.39 is 21.7 Å². The highest BCUT2D eigenvalue weighted by atomic mass is 32.2. The summed E-state index contributed by atoms with van der Waals surface area (Å²) in [5.74, 6) is -1.74. The average Bonchev–Trinajstić information content (AvgIpc) is 2.38. The predicted molar refractivity (Wildman–Crippen MR) is 74.2 cm³/mol. The molecule has 0 aliphatic rings. The number of anilines is 1. The summed E-state index contributed by atoms with van der Waals surface area (Å²) in [6.45, 7) is 0.551. The minimum absolute atomic E-state index is 0.200. The van der Waals surface area contributed by atoms with Crippen LogP contribution in [-0.2, 0) is 16.6 Å². The Balaban J connectivity index is 2.25. The van der Waals surface area contributed by atoms with Crippen LogP contribution >= 0.6 is 0 Å². The van der Waals surface area contributed by atoms with Crippen molar-refractivity contribution in [3.05, 3.63) is 53.7 Å². The minimum Gasteiger partial charge on any atom is -0.316 e. The Hall–Kier alpha value is -2.06. The van der Waals surface area contributed by atoms with Crippen LogP contribution in [0.5, 0.6) is 0 Å². The van der Waals surface area contributed by atoms with Crippen LogP contribution in [0.1, 0.15) is 5.56 Å². The Bertz CT molecular complexity index is 713. The molecule has 1 aromatic carbocycles. The van der Waals surface area contributed by atoms with Gasteiger partial charge in [-0.15, -0.1) is 0 Å². The maximum absolute atomic E-state index is 13.0. The van der Waals surface area contributed by atoms with E-state index in [2.05, 4.69) is 15.0 Å². The number of sulfonamides is 1. The Kier molecular flexibility index (Phi) is 4.49. The van der Waals surface area contributed by atoms with Gasteiger partial charge < -0.3 is 5.32 Å². The molecule has 0 aliphatic heterocycles. The lowest BCUT2D eigenvalue weighted by molar-refractivity contribution is 0.584. The largest absolute Gasteiger partial charge is 0.316 e. The van der Waals surface area contributed by atoms with E-state index in [1.165, 1.54) is 12.3 Å². The molecule has 0 fully saturated rings. The molecular weight excluding hydrogens is 300 g/mol. The van der Waals surface area contributed by atoms with Gasteiger partial charge in [0.2, 0.25) is 0 Å². The molecule has 5 nitrogen and oxygen atoms in total. The Labute approximate surface area is 121 Å². The van der Waals surface area contributed by atoms with Gasteiger partial charge in [0.15, 0.2) is 5.03 Å². The number of aromatic nitrogens is 1. The van der Waals surface area contributed by atoms with E-state index >= 15 is 0 Å². The lowest BCUT2D eigenvalue weighted by Gasteiger charge is -2.08. The lowest BCUT2D eigenvalue weighted by atomic mass is 10.3. The molecule has 0 aliphatic carbocycles. The molecule has 8 heteroatoms. The maximum Gasteiger partial charge on any atom is 0.279 e. The van der Waals surface area contributed by atoms with Gasteiger partial charge in [-0.25, -0.2) is 13.8 Å². The highest BCUT2D eigenvalue weighted by Gasteiger charge is 2.16. The second-order valence-corrected chi connectivity index (χ2v) is 5.93. The van der Waals surface area contributed by atoms with Crippen molar-refractivity contribution in [3.8, 4) is 0 Å². The van der Waals surface area contributed by atoms with Crippen LogP contribution in [0.25, 0.3) is 0 Å². The molecule has 0 radical (unpaired) electrons. The normalized spacial score (nSPS) is 11.4. The fourth-order valence-corrected chi connectivity index (χ4v) is 2.67. The van der Waals surface area contributed by atoms with Gasteiger partial charge in [-0.2, -0.15) is 8.42 Å². The van der Waals surface area contributed by atoms with Gasteiger partial charge in [0.1, 0.15) is 11.6 Å². The number of nitrogens with one attached hydrogen (secondary N) is 2. The number of benzene rings is 1. The monoisotopic (exact) mass is 313 g/mol. The first-order valence-corrected chi connectivity index (χ1v) is 7.47. The summed E-state index contributed by atoms with van der Waals surface area (Å²) in [5, 5.41) is 2.68. The van der Waals surface area contributed by atoms with Crippen molar-refractivity contribution in [2.24, 2.45) is 0 Å². The number of hydrogen-bond donors (Lipinski definition) is 2. The summed E-state index contributed by atoms with van der Waals surface area (Å²) >= 11 is 0. The van der Waals surface area contributed by atoms with E-state index in [4.69, 9.17) is 0 Å². The molecule has 0 spiro atoms. The fraction of sp³-hybridized carbons (Fsp3) is 0.154. The predicted octanol–water partition coefficient (Wildman–Crippen LogP) is 1.88. The van der Waals surface area contributed by atoms with Crippen molar-refractivity contribution in [2.45, 2.75) is 11.6 Å². The van der Waals surface area contributed by atoms with Crippen molar-refractivity contribution < 1.29 is 17.2 Å². The van der Waals surface area contributed by atoms with E-state index in [-0.39, 0.29) is 10.7 Å². The highest BCUT2D eigenvalue weighted by molar-refractivity contribution is 7.92. The zero-order chi connectivity index (χ0) is 15.5. The van der Waals surface area contributed by atoms with Gasteiger partial charge in [-0.3, -0.25) is 4.72 Å². The van der Waals surface area contributed by atoms with Crippen molar-refractivity contribution in [1.29, 1.82) is 0 Å². The van der Waals surface area contributed by atoms with Crippen LogP contribution in [0.15, 0.2) is 41.6 Å². The maximum atomic E-state index is 13.0. The van der Waals surface area contributed by atoms with Crippen LogP contribution < -0.4 is 10.0 Å².